The molecule has 0 bridgehead atoms. The summed E-state index contributed by atoms with van der Waals surface area (Å²) in [5.74, 6) is -1.17. The zero-order valence-corrected chi connectivity index (χ0v) is 22.4. The average molecular weight is 529 g/mol. The number of amides is 3. The number of nitrogens with zero attached hydrogens (tertiary/aromatic N) is 1. The molecule has 3 aromatic rings. The molecule has 10 nitrogen and oxygen atoms in total. The van der Waals surface area contributed by atoms with Crippen molar-refractivity contribution in [2.24, 2.45) is 11.7 Å². The zero-order chi connectivity index (χ0) is 27.3. The first-order valence-corrected chi connectivity index (χ1v) is 12.9. The lowest BCUT2D eigenvalue weighted by Gasteiger charge is -2.23. The Morgan fingerprint density at radius 3 is 2.51 bits per heavy atom. The highest BCUT2D eigenvalue weighted by molar-refractivity contribution is 7.13. The van der Waals surface area contributed by atoms with Gasteiger partial charge in [-0.25, -0.2) is 4.98 Å². The smallest absolute Gasteiger partial charge is 0.261 e. The first kappa shape index (κ1) is 27.9. The number of benzene rings is 1. The molecule has 0 aliphatic rings. The Labute approximate surface area is 218 Å². The number of aryl methyl sites for hydroxylation is 2. The van der Waals surface area contributed by atoms with Gasteiger partial charge in [-0.3, -0.25) is 19.2 Å². The molecule has 3 amide bonds. The van der Waals surface area contributed by atoms with Gasteiger partial charge in [-0.1, -0.05) is 20.8 Å². The van der Waals surface area contributed by atoms with E-state index < -0.39 is 29.9 Å². The molecule has 198 valence electrons. The van der Waals surface area contributed by atoms with Crippen LogP contribution in [-0.4, -0.2) is 41.4 Å². The summed E-state index contributed by atoms with van der Waals surface area (Å²) in [5.41, 5.74) is 7.17. The van der Waals surface area contributed by atoms with Crippen molar-refractivity contribution in [1.29, 1.82) is 0 Å². The van der Waals surface area contributed by atoms with Crippen molar-refractivity contribution in [3.63, 3.8) is 0 Å². The average Bonchev–Trinajstić information content (AvgIpc) is 3.27. The monoisotopic (exact) mass is 528 g/mol. The molecular formula is C26H32N4O6S. The third kappa shape index (κ3) is 6.94. The number of nitrogens with two attached hydrogens (primary N) is 1. The van der Waals surface area contributed by atoms with Crippen molar-refractivity contribution in [2.45, 2.75) is 59.6 Å². The maximum atomic E-state index is 13.2. The van der Waals surface area contributed by atoms with E-state index >= 15 is 0 Å². The first-order chi connectivity index (χ1) is 17.5. The Morgan fingerprint density at radius 1 is 1.19 bits per heavy atom. The summed E-state index contributed by atoms with van der Waals surface area (Å²) in [5, 5.41) is 7.98. The molecule has 0 radical (unpaired) electrons. The number of ether oxygens (including phenoxy) is 1. The predicted octanol–water partition coefficient (Wildman–Crippen LogP) is 2.69. The van der Waals surface area contributed by atoms with Crippen LogP contribution in [0.25, 0.3) is 21.5 Å². The lowest BCUT2D eigenvalue weighted by molar-refractivity contribution is -0.133. The number of primary amides is 1. The second kappa shape index (κ2) is 12.0. The van der Waals surface area contributed by atoms with Gasteiger partial charge >= 0.3 is 0 Å². The van der Waals surface area contributed by atoms with Gasteiger partial charge in [-0.05, 0) is 44.2 Å². The van der Waals surface area contributed by atoms with Crippen LogP contribution in [0.15, 0.2) is 33.0 Å². The van der Waals surface area contributed by atoms with Gasteiger partial charge in [-0.2, -0.15) is 0 Å². The van der Waals surface area contributed by atoms with Crippen molar-refractivity contribution in [3.05, 3.63) is 45.3 Å². The largest absolute Gasteiger partial charge is 0.480 e. The van der Waals surface area contributed by atoms with Crippen LogP contribution in [0, 0.1) is 12.8 Å². The Hall–Kier alpha value is -3.73. The van der Waals surface area contributed by atoms with Crippen LogP contribution in [0.1, 0.15) is 45.4 Å². The Morgan fingerprint density at radius 2 is 1.92 bits per heavy atom. The number of hydrogen-bond acceptors (Lipinski definition) is 8. The van der Waals surface area contributed by atoms with Crippen LogP contribution >= 0.6 is 11.3 Å². The number of fused-ring (bicyclic) bond motifs is 1. The van der Waals surface area contributed by atoms with E-state index in [0.29, 0.717) is 40.1 Å². The minimum Gasteiger partial charge on any atom is -0.480 e. The van der Waals surface area contributed by atoms with Gasteiger partial charge in [0.2, 0.25) is 17.2 Å². The second-order valence-corrected chi connectivity index (χ2v) is 10.1. The molecule has 0 saturated carbocycles. The summed E-state index contributed by atoms with van der Waals surface area (Å²) < 4.78 is 11.7. The van der Waals surface area contributed by atoms with Gasteiger partial charge in [0, 0.05) is 17.1 Å². The molecular weight excluding hydrogens is 496 g/mol. The Kier molecular flexibility index (Phi) is 9.04. The van der Waals surface area contributed by atoms with Crippen LogP contribution in [0.3, 0.4) is 0 Å². The molecule has 1 unspecified atom stereocenters. The van der Waals surface area contributed by atoms with Gasteiger partial charge in [-0.15, -0.1) is 11.3 Å². The van der Waals surface area contributed by atoms with Gasteiger partial charge < -0.3 is 25.5 Å². The van der Waals surface area contributed by atoms with Gasteiger partial charge in [0.25, 0.3) is 5.91 Å². The maximum Gasteiger partial charge on any atom is 0.261 e. The summed E-state index contributed by atoms with van der Waals surface area (Å²) in [6, 6.07) is 2.46. The molecule has 0 aliphatic heterocycles. The molecule has 1 aromatic carbocycles. The normalized spacial score (nSPS) is 12.8. The maximum absolute atomic E-state index is 13.2. The fourth-order valence-electron chi connectivity index (χ4n) is 3.75. The molecule has 3 rings (SSSR count). The SMILES string of the molecule is CCc1cc2c(=O)c(-c3nc(C)cs3)coc2cc1OC(C)C(=O)N[C@H](CC(C)C)C(=O)NCC(N)=O. The summed E-state index contributed by atoms with van der Waals surface area (Å²) >= 11 is 1.37. The molecule has 0 saturated heterocycles. The molecule has 11 heteroatoms. The molecule has 0 spiro atoms. The minimum atomic E-state index is -0.953. The van der Waals surface area contributed by atoms with Crippen LogP contribution in [-0.2, 0) is 20.8 Å². The van der Waals surface area contributed by atoms with Crippen LogP contribution < -0.4 is 26.5 Å². The summed E-state index contributed by atoms with van der Waals surface area (Å²) in [6.07, 6.45) is 1.34. The summed E-state index contributed by atoms with van der Waals surface area (Å²) in [6.45, 7) is 8.85. The van der Waals surface area contributed by atoms with Crippen molar-refractivity contribution in [2.75, 3.05) is 6.54 Å². The van der Waals surface area contributed by atoms with E-state index in [0.717, 1.165) is 11.3 Å². The lowest BCUT2D eigenvalue weighted by atomic mass is 10.0. The van der Waals surface area contributed by atoms with Crippen LogP contribution in [0.2, 0.25) is 0 Å². The van der Waals surface area contributed by atoms with Gasteiger partial charge in [0.05, 0.1) is 17.5 Å². The summed E-state index contributed by atoms with van der Waals surface area (Å²) in [7, 11) is 0. The first-order valence-electron chi connectivity index (χ1n) is 12.0. The number of nitrogens with one attached hydrogen (secondary N) is 2. The fourth-order valence-corrected chi connectivity index (χ4v) is 4.55. The van der Waals surface area contributed by atoms with Gasteiger partial charge in [0.15, 0.2) is 6.10 Å². The predicted molar refractivity (Wildman–Crippen MR) is 141 cm³/mol. The van der Waals surface area contributed by atoms with Crippen LogP contribution in [0.4, 0.5) is 0 Å². The number of carbonyl (C=O) groups is 3. The van der Waals surface area contributed by atoms with Crippen molar-refractivity contribution < 1.29 is 23.5 Å². The lowest BCUT2D eigenvalue weighted by Crippen LogP contribution is -2.51. The van der Waals surface area contributed by atoms with Gasteiger partial charge in [0.1, 0.15) is 28.6 Å². The fraction of sp³-hybridized carbons (Fsp3) is 0.423. The highest BCUT2D eigenvalue weighted by atomic mass is 32.1. The Balaban J connectivity index is 1.82. The molecule has 0 fully saturated rings. The Bertz CT molecular complexity index is 1360. The van der Waals surface area contributed by atoms with Crippen molar-refractivity contribution in [3.8, 4) is 16.3 Å². The minimum absolute atomic E-state index is 0.106. The quantitative estimate of drug-likeness (QED) is 0.346. The van der Waals surface area contributed by atoms with Crippen LogP contribution in [0.5, 0.6) is 5.75 Å². The number of hydrogen-bond donors (Lipinski definition) is 3. The van der Waals surface area contributed by atoms with Crippen molar-refractivity contribution >= 4 is 40.0 Å². The molecule has 2 aromatic heterocycles. The molecule has 2 atom stereocenters. The number of rotatable bonds is 11. The molecule has 37 heavy (non-hydrogen) atoms. The second-order valence-electron chi connectivity index (χ2n) is 9.22. The molecule has 2 heterocycles. The van der Waals surface area contributed by atoms with E-state index in [4.69, 9.17) is 14.9 Å². The van der Waals surface area contributed by atoms with E-state index in [9.17, 15) is 19.2 Å². The van der Waals surface area contributed by atoms with E-state index in [2.05, 4.69) is 15.6 Å². The topological polar surface area (TPSA) is 154 Å². The zero-order valence-electron chi connectivity index (χ0n) is 21.5. The van der Waals surface area contributed by atoms with Crippen molar-refractivity contribution in [1.82, 2.24) is 15.6 Å². The van der Waals surface area contributed by atoms with E-state index in [1.165, 1.54) is 17.6 Å². The number of aromatic nitrogens is 1. The van der Waals surface area contributed by atoms with E-state index in [-0.39, 0.29) is 17.9 Å². The standard InChI is InChI=1S/C26H32N4O6S/c1-6-16-8-17-21(35-11-18(23(17)32)26-29-14(4)12-37-26)9-20(16)36-15(5)24(33)30-19(7-13(2)3)25(34)28-10-22(27)31/h8-9,11-13,15,19H,6-7,10H2,1-5H3,(H2,27,31)(H,28,34)(H,30,33)/t15?,19-/m1/s1. The molecule has 4 N–H and O–H groups in total. The highest BCUT2D eigenvalue weighted by Gasteiger charge is 2.26. The third-order valence-corrected chi connectivity index (χ3v) is 6.63. The van der Waals surface area contributed by atoms with E-state index in [1.807, 2.05) is 33.1 Å². The summed E-state index contributed by atoms with van der Waals surface area (Å²) in [4.78, 5) is 54.0. The van der Waals surface area contributed by atoms with E-state index in [1.54, 1.807) is 19.1 Å². The number of thiazole rings is 1. The third-order valence-electron chi connectivity index (χ3n) is 5.64. The molecule has 0 aliphatic carbocycles. The number of carbonyl (C=O) groups excluding carboxylic acids is 3. The highest BCUT2D eigenvalue weighted by Crippen LogP contribution is 2.29.